The Balaban J connectivity index is 1.50. The van der Waals surface area contributed by atoms with Crippen LogP contribution < -0.4 is 10.1 Å². The molecule has 0 saturated carbocycles. The van der Waals surface area contributed by atoms with Crippen molar-refractivity contribution in [3.63, 3.8) is 0 Å². The smallest absolute Gasteiger partial charge is 0.262 e. The molecule has 0 heterocycles. The summed E-state index contributed by atoms with van der Waals surface area (Å²) in [5.74, 6) is -0.460. The lowest BCUT2D eigenvalue weighted by atomic mass is 10.1. The van der Waals surface area contributed by atoms with E-state index in [1.54, 1.807) is 36.4 Å². The Morgan fingerprint density at radius 3 is 2.68 bits per heavy atom. The fraction of sp³-hybridized carbons (Fsp3) is 0.0870. The molecule has 0 aromatic heterocycles. The number of amides is 1. The van der Waals surface area contributed by atoms with Gasteiger partial charge in [0.1, 0.15) is 18.2 Å². The summed E-state index contributed by atoms with van der Waals surface area (Å²) in [6.45, 7) is -0.0930. The number of carbonyl (C=O) groups excluding carboxylic acids is 1. The second-order valence-corrected chi connectivity index (χ2v) is 6.72. The quantitative estimate of drug-likeness (QED) is 0.400. The molecule has 0 bridgehead atoms. The molecular weight excluding hydrogens is 421 g/mol. The number of hydrogen-bond donors (Lipinski definition) is 1. The van der Waals surface area contributed by atoms with Crippen LogP contribution >= 0.6 is 11.6 Å². The molecule has 3 aromatic carbocycles. The Hall–Kier alpha value is -3.89. The van der Waals surface area contributed by atoms with Crippen LogP contribution in [0, 0.1) is 17.1 Å². The highest BCUT2D eigenvalue weighted by Gasteiger charge is 2.07. The number of benzene rings is 3. The van der Waals surface area contributed by atoms with E-state index in [4.69, 9.17) is 26.4 Å². The lowest BCUT2D eigenvalue weighted by Crippen LogP contribution is -2.20. The van der Waals surface area contributed by atoms with Gasteiger partial charge in [0.05, 0.1) is 22.9 Å². The number of ether oxygens (including phenoxy) is 1. The average molecular weight is 438 g/mol. The summed E-state index contributed by atoms with van der Waals surface area (Å²) < 4.78 is 18.3. The van der Waals surface area contributed by atoms with Crippen LogP contribution in [0.4, 0.5) is 10.1 Å². The molecule has 156 valence electrons. The Morgan fingerprint density at radius 2 is 1.94 bits per heavy atom. The minimum Gasteiger partial charge on any atom is -0.482 e. The van der Waals surface area contributed by atoms with Crippen molar-refractivity contribution < 1.29 is 18.8 Å². The van der Waals surface area contributed by atoms with E-state index in [2.05, 4.69) is 16.5 Å². The van der Waals surface area contributed by atoms with Gasteiger partial charge in [0.2, 0.25) is 0 Å². The number of rotatable bonds is 8. The van der Waals surface area contributed by atoms with Gasteiger partial charge in [-0.2, -0.15) is 5.26 Å². The zero-order valence-electron chi connectivity index (χ0n) is 16.2. The topological polar surface area (TPSA) is 83.7 Å². The predicted molar refractivity (Wildman–Crippen MR) is 116 cm³/mol. The normalized spacial score (nSPS) is 10.5. The lowest BCUT2D eigenvalue weighted by molar-refractivity contribution is -0.118. The van der Waals surface area contributed by atoms with Crippen molar-refractivity contribution in [3.8, 4) is 11.8 Å². The monoisotopic (exact) mass is 437 g/mol. The molecule has 0 aliphatic rings. The molecule has 0 aliphatic heterocycles. The van der Waals surface area contributed by atoms with Gasteiger partial charge in [-0.1, -0.05) is 35.0 Å². The minimum atomic E-state index is -0.403. The number of oxime groups is 1. The summed E-state index contributed by atoms with van der Waals surface area (Å²) in [5.41, 5.74) is 2.40. The number of anilines is 1. The maximum absolute atomic E-state index is 12.9. The van der Waals surface area contributed by atoms with Gasteiger partial charge in [0.15, 0.2) is 6.61 Å². The first-order chi connectivity index (χ1) is 15.0. The first kappa shape index (κ1) is 21.8. The molecule has 0 fully saturated rings. The van der Waals surface area contributed by atoms with Crippen LogP contribution in [0.25, 0.3) is 0 Å². The maximum Gasteiger partial charge on any atom is 0.262 e. The van der Waals surface area contributed by atoms with Crippen LogP contribution in [0.1, 0.15) is 16.7 Å². The van der Waals surface area contributed by atoms with Crippen molar-refractivity contribution in [2.24, 2.45) is 5.16 Å². The van der Waals surface area contributed by atoms with Crippen molar-refractivity contribution in [2.45, 2.75) is 6.61 Å². The molecular formula is C23H17ClFN3O3. The van der Waals surface area contributed by atoms with Gasteiger partial charge in [0, 0.05) is 11.3 Å². The van der Waals surface area contributed by atoms with Crippen molar-refractivity contribution in [1.82, 2.24) is 0 Å². The third-order valence-electron chi connectivity index (χ3n) is 4.08. The van der Waals surface area contributed by atoms with Gasteiger partial charge < -0.3 is 14.9 Å². The SMILES string of the molecule is N#Cc1ccccc1CO/N=C\c1ccc(OCC(=O)Nc2ccc(F)cc2)c(Cl)c1. The molecule has 0 radical (unpaired) electrons. The Bertz CT molecular complexity index is 1130. The molecule has 3 rings (SSSR count). The first-order valence-corrected chi connectivity index (χ1v) is 9.54. The summed E-state index contributed by atoms with van der Waals surface area (Å²) in [6.07, 6.45) is 1.48. The van der Waals surface area contributed by atoms with E-state index in [0.717, 1.165) is 5.56 Å². The predicted octanol–water partition coefficient (Wildman–Crippen LogP) is 4.92. The van der Waals surface area contributed by atoms with Crippen LogP contribution in [-0.4, -0.2) is 18.7 Å². The van der Waals surface area contributed by atoms with Crippen LogP contribution in [-0.2, 0) is 16.2 Å². The standard InChI is InChI=1S/C23H17ClFN3O3/c24-21-11-16(13-27-31-14-18-4-2-1-3-17(18)12-26)5-10-22(21)30-15-23(29)28-20-8-6-19(25)7-9-20/h1-11,13H,14-15H2,(H,28,29)/b27-13-. The van der Waals surface area contributed by atoms with Crippen molar-refractivity contribution in [1.29, 1.82) is 5.26 Å². The highest BCUT2D eigenvalue weighted by atomic mass is 35.5. The van der Waals surface area contributed by atoms with Gasteiger partial charge in [-0.05, 0) is 54.1 Å². The Labute approximate surface area is 183 Å². The first-order valence-electron chi connectivity index (χ1n) is 9.16. The van der Waals surface area contributed by atoms with E-state index in [1.165, 1.54) is 30.5 Å². The maximum atomic E-state index is 12.9. The number of halogens is 2. The number of carbonyl (C=O) groups is 1. The van der Waals surface area contributed by atoms with Crippen molar-refractivity contribution in [3.05, 3.63) is 94.3 Å². The van der Waals surface area contributed by atoms with Crippen molar-refractivity contribution in [2.75, 3.05) is 11.9 Å². The molecule has 1 amide bonds. The van der Waals surface area contributed by atoms with E-state index >= 15 is 0 Å². The van der Waals surface area contributed by atoms with Gasteiger partial charge in [-0.3, -0.25) is 4.79 Å². The average Bonchev–Trinajstić information content (AvgIpc) is 2.78. The Morgan fingerprint density at radius 1 is 1.16 bits per heavy atom. The van der Waals surface area contributed by atoms with Crippen LogP contribution in [0.15, 0.2) is 71.9 Å². The fourth-order valence-electron chi connectivity index (χ4n) is 2.55. The number of nitriles is 1. The third kappa shape index (κ3) is 6.56. The molecule has 0 spiro atoms. The summed E-state index contributed by atoms with van der Waals surface area (Å²) in [7, 11) is 0. The molecule has 0 unspecified atom stereocenters. The highest BCUT2D eigenvalue weighted by molar-refractivity contribution is 6.32. The van der Waals surface area contributed by atoms with Gasteiger partial charge in [-0.25, -0.2) is 4.39 Å². The molecule has 8 heteroatoms. The van der Waals surface area contributed by atoms with Crippen molar-refractivity contribution >= 4 is 29.4 Å². The minimum absolute atomic E-state index is 0.165. The Kier molecular flexibility index (Phi) is 7.57. The summed E-state index contributed by atoms with van der Waals surface area (Å²) >= 11 is 6.20. The second-order valence-electron chi connectivity index (χ2n) is 6.31. The summed E-state index contributed by atoms with van der Waals surface area (Å²) in [4.78, 5) is 17.2. The number of nitrogens with zero attached hydrogens (tertiary/aromatic N) is 2. The molecule has 6 nitrogen and oxygen atoms in total. The lowest BCUT2D eigenvalue weighted by Gasteiger charge is -2.09. The van der Waals surface area contributed by atoms with Crippen LogP contribution in [0.5, 0.6) is 5.75 Å². The largest absolute Gasteiger partial charge is 0.482 e. The zero-order chi connectivity index (χ0) is 22.1. The van der Waals surface area contributed by atoms with Crippen LogP contribution in [0.2, 0.25) is 5.02 Å². The van der Waals surface area contributed by atoms with E-state index < -0.39 is 5.91 Å². The molecule has 31 heavy (non-hydrogen) atoms. The summed E-state index contributed by atoms with van der Waals surface area (Å²) in [6, 6.07) is 19.5. The van der Waals surface area contributed by atoms with E-state index in [1.807, 2.05) is 6.07 Å². The molecule has 0 saturated heterocycles. The molecule has 0 atom stereocenters. The van der Waals surface area contributed by atoms with Gasteiger partial charge >= 0.3 is 0 Å². The summed E-state index contributed by atoms with van der Waals surface area (Å²) in [5, 5.41) is 15.8. The zero-order valence-corrected chi connectivity index (χ0v) is 17.0. The van der Waals surface area contributed by atoms with Gasteiger partial charge in [0.25, 0.3) is 5.91 Å². The number of hydrogen-bond acceptors (Lipinski definition) is 5. The van der Waals surface area contributed by atoms with E-state index in [-0.39, 0.29) is 19.0 Å². The molecule has 1 N–H and O–H groups in total. The van der Waals surface area contributed by atoms with E-state index in [0.29, 0.717) is 27.6 Å². The van der Waals surface area contributed by atoms with E-state index in [9.17, 15) is 9.18 Å². The fourth-order valence-corrected chi connectivity index (χ4v) is 2.79. The molecule has 3 aromatic rings. The molecule has 0 aliphatic carbocycles. The highest BCUT2D eigenvalue weighted by Crippen LogP contribution is 2.25. The third-order valence-corrected chi connectivity index (χ3v) is 4.37. The van der Waals surface area contributed by atoms with Crippen LogP contribution in [0.3, 0.4) is 0 Å². The number of nitrogens with one attached hydrogen (secondary N) is 1. The second kappa shape index (κ2) is 10.8. The van der Waals surface area contributed by atoms with Gasteiger partial charge in [-0.15, -0.1) is 0 Å².